The molecule has 0 aliphatic carbocycles. The minimum Gasteiger partial charge on any atom is -0.379 e. The monoisotopic (exact) mass is 382 g/mol. The topological polar surface area (TPSA) is 60.4 Å². The first kappa shape index (κ1) is 16.7. The van der Waals surface area contributed by atoms with Crippen molar-refractivity contribution in [3.05, 3.63) is 57.6 Å². The van der Waals surface area contributed by atoms with Gasteiger partial charge in [0, 0.05) is 10.0 Å². The van der Waals surface area contributed by atoms with Gasteiger partial charge >= 0.3 is 10.1 Å². The first-order valence-electron chi connectivity index (χ1n) is 6.53. The molecule has 0 aromatic heterocycles. The summed E-state index contributed by atoms with van der Waals surface area (Å²) in [6.07, 6.45) is 0. The molecule has 0 radical (unpaired) electrons. The Morgan fingerprint density at radius 1 is 1.09 bits per heavy atom. The van der Waals surface area contributed by atoms with Gasteiger partial charge in [0.15, 0.2) is 5.78 Å². The van der Waals surface area contributed by atoms with E-state index in [1.54, 1.807) is 25.1 Å². The Morgan fingerprint density at radius 3 is 2.41 bits per heavy atom. The van der Waals surface area contributed by atoms with Gasteiger partial charge in [0.05, 0.1) is 0 Å². The number of carbonyl (C=O) groups is 1. The molecule has 116 valence electrons. The average Bonchev–Trinajstić information content (AvgIpc) is 2.42. The molecule has 0 N–H and O–H groups in total. The summed E-state index contributed by atoms with van der Waals surface area (Å²) in [7, 11) is -3.97. The number of hydrogen-bond acceptors (Lipinski definition) is 4. The fourth-order valence-corrected chi connectivity index (χ4v) is 3.67. The lowest BCUT2D eigenvalue weighted by atomic mass is 10.1. The molecule has 6 heteroatoms. The van der Waals surface area contributed by atoms with Crippen LogP contribution in [0.1, 0.15) is 28.4 Å². The molecule has 4 nitrogen and oxygen atoms in total. The van der Waals surface area contributed by atoms with Crippen LogP contribution in [0.25, 0.3) is 0 Å². The van der Waals surface area contributed by atoms with Crippen molar-refractivity contribution < 1.29 is 17.4 Å². The summed E-state index contributed by atoms with van der Waals surface area (Å²) in [5, 5.41) is 0. The van der Waals surface area contributed by atoms with Crippen molar-refractivity contribution in [2.75, 3.05) is 0 Å². The predicted molar refractivity (Wildman–Crippen MR) is 87.9 cm³/mol. The Hall–Kier alpha value is -1.66. The van der Waals surface area contributed by atoms with Crippen LogP contribution in [0, 0.1) is 13.8 Å². The highest BCUT2D eigenvalue weighted by atomic mass is 79.9. The van der Waals surface area contributed by atoms with E-state index in [1.807, 2.05) is 6.92 Å². The molecule has 22 heavy (non-hydrogen) atoms. The molecule has 2 rings (SSSR count). The summed E-state index contributed by atoms with van der Waals surface area (Å²) < 4.78 is 30.7. The highest BCUT2D eigenvalue weighted by molar-refractivity contribution is 9.10. The third-order valence-corrected chi connectivity index (χ3v) is 5.42. The molecule has 0 unspecified atom stereocenters. The Balaban J connectivity index is 2.42. The smallest absolute Gasteiger partial charge is 0.339 e. The van der Waals surface area contributed by atoms with Gasteiger partial charge in [-0.25, -0.2) is 0 Å². The summed E-state index contributed by atoms with van der Waals surface area (Å²) in [4.78, 5) is 11.5. The second-order valence-corrected chi connectivity index (χ2v) is 7.36. The van der Waals surface area contributed by atoms with Crippen LogP contribution in [-0.4, -0.2) is 14.2 Å². The average molecular weight is 383 g/mol. The predicted octanol–water partition coefficient (Wildman–Crippen LogP) is 4.04. The SMILES string of the molecule is CC(=O)c1cccc(OS(=O)(=O)c2cc(Br)c(C)cc2C)c1. The van der Waals surface area contributed by atoms with E-state index in [4.69, 9.17) is 4.18 Å². The maximum atomic E-state index is 12.4. The number of halogens is 1. The maximum Gasteiger partial charge on any atom is 0.339 e. The third kappa shape index (κ3) is 3.56. The molecule has 0 bridgehead atoms. The van der Waals surface area contributed by atoms with Crippen molar-refractivity contribution >= 4 is 31.8 Å². The van der Waals surface area contributed by atoms with Gasteiger partial charge in [0.1, 0.15) is 10.6 Å². The van der Waals surface area contributed by atoms with Gasteiger partial charge in [-0.1, -0.05) is 34.1 Å². The number of rotatable bonds is 4. The lowest BCUT2D eigenvalue weighted by Gasteiger charge is -2.11. The summed E-state index contributed by atoms with van der Waals surface area (Å²) >= 11 is 3.32. The number of hydrogen-bond donors (Lipinski definition) is 0. The summed E-state index contributed by atoms with van der Waals surface area (Å²) in [6, 6.07) is 9.40. The van der Waals surface area contributed by atoms with E-state index >= 15 is 0 Å². The fourth-order valence-electron chi connectivity index (χ4n) is 2.02. The van der Waals surface area contributed by atoms with Crippen LogP contribution >= 0.6 is 15.9 Å². The molecule has 0 spiro atoms. The van der Waals surface area contributed by atoms with Crippen molar-refractivity contribution in [2.24, 2.45) is 0 Å². The first-order chi connectivity index (χ1) is 10.2. The van der Waals surface area contributed by atoms with Crippen molar-refractivity contribution in [1.82, 2.24) is 0 Å². The highest BCUT2D eigenvalue weighted by Gasteiger charge is 2.21. The quantitative estimate of drug-likeness (QED) is 0.591. The van der Waals surface area contributed by atoms with Crippen LogP contribution < -0.4 is 4.18 Å². The van der Waals surface area contributed by atoms with Gasteiger partial charge in [-0.2, -0.15) is 8.42 Å². The number of Topliss-reactive ketones (excluding diaryl/α,β-unsaturated/α-hetero) is 1. The second kappa shape index (κ2) is 6.22. The molecule has 0 aliphatic heterocycles. The normalized spacial score (nSPS) is 11.3. The van der Waals surface area contributed by atoms with Gasteiger partial charge in [-0.3, -0.25) is 4.79 Å². The first-order valence-corrected chi connectivity index (χ1v) is 8.73. The van der Waals surface area contributed by atoms with E-state index in [-0.39, 0.29) is 16.4 Å². The van der Waals surface area contributed by atoms with E-state index < -0.39 is 10.1 Å². The van der Waals surface area contributed by atoms with E-state index in [0.29, 0.717) is 15.6 Å². The van der Waals surface area contributed by atoms with E-state index in [2.05, 4.69) is 15.9 Å². The Kier molecular flexibility index (Phi) is 4.72. The van der Waals surface area contributed by atoms with Gasteiger partial charge in [-0.05, 0) is 50.1 Å². The molecule has 0 fully saturated rings. The molecular formula is C16H15BrO4S. The Bertz CT molecular complexity index is 841. The summed E-state index contributed by atoms with van der Waals surface area (Å²) in [6.45, 7) is 5.00. The lowest BCUT2D eigenvalue weighted by Crippen LogP contribution is -2.12. The Labute approximate surface area is 138 Å². The zero-order valence-electron chi connectivity index (χ0n) is 12.4. The molecule has 0 atom stereocenters. The van der Waals surface area contributed by atoms with Crippen LogP contribution in [0.3, 0.4) is 0 Å². The number of ketones is 1. The molecule has 0 heterocycles. The van der Waals surface area contributed by atoms with Crippen LogP contribution in [0.2, 0.25) is 0 Å². The molecule has 2 aromatic carbocycles. The lowest BCUT2D eigenvalue weighted by molar-refractivity contribution is 0.101. The van der Waals surface area contributed by atoms with Crippen molar-refractivity contribution in [3.63, 3.8) is 0 Å². The molecule has 2 aromatic rings. The zero-order chi connectivity index (χ0) is 16.5. The largest absolute Gasteiger partial charge is 0.379 e. The van der Waals surface area contributed by atoms with Gasteiger partial charge in [-0.15, -0.1) is 0 Å². The van der Waals surface area contributed by atoms with Crippen molar-refractivity contribution in [3.8, 4) is 5.75 Å². The van der Waals surface area contributed by atoms with Crippen molar-refractivity contribution in [2.45, 2.75) is 25.7 Å². The number of benzene rings is 2. The highest BCUT2D eigenvalue weighted by Crippen LogP contribution is 2.27. The minimum atomic E-state index is -3.97. The van der Waals surface area contributed by atoms with Gasteiger partial charge in [0.25, 0.3) is 0 Å². The fraction of sp³-hybridized carbons (Fsp3) is 0.188. The standard InChI is InChI=1S/C16H15BrO4S/c1-10-7-11(2)16(9-15(10)17)22(19,20)21-14-6-4-5-13(8-14)12(3)18/h4-9H,1-3H3. The molecule has 0 saturated carbocycles. The van der Waals surface area contributed by atoms with E-state index in [0.717, 1.165) is 5.56 Å². The van der Waals surface area contributed by atoms with Gasteiger partial charge < -0.3 is 4.18 Å². The van der Waals surface area contributed by atoms with Crippen LogP contribution in [0.15, 0.2) is 45.8 Å². The molecule has 0 saturated heterocycles. The minimum absolute atomic E-state index is 0.0956. The van der Waals surface area contributed by atoms with Crippen LogP contribution in [-0.2, 0) is 10.1 Å². The maximum absolute atomic E-state index is 12.4. The van der Waals surface area contributed by atoms with Gasteiger partial charge in [0.2, 0.25) is 0 Å². The van der Waals surface area contributed by atoms with Crippen LogP contribution in [0.5, 0.6) is 5.75 Å². The third-order valence-electron chi connectivity index (χ3n) is 3.17. The number of aryl methyl sites for hydroxylation is 2. The second-order valence-electron chi connectivity index (χ2n) is 4.99. The number of carbonyl (C=O) groups excluding carboxylic acids is 1. The molecule has 0 amide bonds. The van der Waals surface area contributed by atoms with E-state index in [1.165, 1.54) is 25.1 Å². The van der Waals surface area contributed by atoms with E-state index in [9.17, 15) is 13.2 Å². The summed E-state index contributed by atoms with van der Waals surface area (Å²) in [5.41, 5.74) is 1.94. The summed E-state index contributed by atoms with van der Waals surface area (Å²) in [5.74, 6) is -0.0408. The Morgan fingerprint density at radius 2 is 1.77 bits per heavy atom. The molecule has 0 aliphatic rings. The van der Waals surface area contributed by atoms with Crippen molar-refractivity contribution in [1.29, 1.82) is 0 Å². The van der Waals surface area contributed by atoms with Crippen LogP contribution in [0.4, 0.5) is 0 Å². The zero-order valence-corrected chi connectivity index (χ0v) is 14.8. The molecular weight excluding hydrogens is 368 g/mol.